The summed E-state index contributed by atoms with van der Waals surface area (Å²) in [6.45, 7) is 9.68. The summed E-state index contributed by atoms with van der Waals surface area (Å²) in [6, 6.07) is 6.45. The van der Waals surface area contributed by atoms with Gasteiger partial charge in [-0.15, -0.1) is 0 Å². The number of hydrogen-bond donors (Lipinski definition) is 1. The second-order valence-electron chi connectivity index (χ2n) is 5.68. The summed E-state index contributed by atoms with van der Waals surface area (Å²) >= 11 is 0. The zero-order valence-corrected chi connectivity index (χ0v) is 11.3. The molecule has 1 saturated heterocycles. The first-order chi connectivity index (χ1) is 8.70. The van der Waals surface area contributed by atoms with Gasteiger partial charge in [-0.3, -0.25) is 4.90 Å². The normalized spacial score (nSPS) is 22.1. The summed E-state index contributed by atoms with van der Waals surface area (Å²) in [5, 5.41) is 3.41. The summed E-state index contributed by atoms with van der Waals surface area (Å²) in [6.07, 6.45) is 1.08. The SMILES string of the molecule is CCN1CC(C)(Oc2cccc3c2CCNC3)C1. The van der Waals surface area contributed by atoms with Crippen molar-refractivity contribution in [3.63, 3.8) is 0 Å². The van der Waals surface area contributed by atoms with E-state index in [9.17, 15) is 0 Å². The number of ether oxygens (including phenoxy) is 1. The van der Waals surface area contributed by atoms with E-state index in [1.165, 1.54) is 11.1 Å². The quantitative estimate of drug-likeness (QED) is 0.880. The standard InChI is InChI=1S/C15H22N2O/c1-3-17-10-15(2,11-17)18-14-6-4-5-12-9-16-8-7-13(12)14/h4-6,16H,3,7-11H2,1-2H3. The van der Waals surface area contributed by atoms with Gasteiger partial charge in [0.1, 0.15) is 11.4 Å². The molecule has 0 saturated carbocycles. The van der Waals surface area contributed by atoms with Crippen molar-refractivity contribution >= 4 is 0 Å². The molecule has 2 aliphatic heterocycles. The molecule has 1 fully saturated rings. The third-order valence-electron chi connectivity index (χ3n) is 4.02. The van der Waals surface area contributed by atoms with Crippen molar-refractivity contribution in [2.75, 3.05) is 26.2 Å². The Morgan fingerprint density at radius 1 is 1.39 bits per heavy atom. The fourth-order valence-corrected chi connectivity index (χ4v) is 3.05. The van der Waals surface area contributed by atoms with Gasteiger partial charge < -0.3 is 10.1 Å². The molecule has 1 N–H and O–H groups in total. The lowest BCUT2D eigenvalue weighted by Crippen LogP contribution is -2.62. The topological polar surface area (TPSA) is 24.5 Å². The second-order valence-corrected chi connectivity index (χ2v) is 5.68. The number of benzene rings is 1. The smallest absolute Gasteiger partial charge is 0.131 e. The highest BCUT2D eigenvalue weighted by Gasteiger charge is 2.40. The Morgan fingerprint density at radius 3 is 3.00 bits per heavy atom. The summed E-state index contributed by atoms with van der Waals surface area (Å²) in [7, 11) is 0. The number of likely N-dealkylation sites (N-methyl/N-ethyl adjacent to an activating group) is 1. The largest absolute Gasteiger partial charge is 0.485 e. The van der Waals surface area contributed by atoms with Crippen molar-refractivity contribution in [2.24, 2.45) is 0 Å². The van der Waals surface area contributed by atoms with Gasteiger partial charge in [0.2, 0.25) is 0 Å². The molecule has 1 aromatic carbocycles. The minimum atomic E-state index is 0.00993. The number of rotatable bonds is 3. The Morgan fingerprint density at radius 2 is 2.22 bits per heavy atom. The van der Waals surface area contributed by atoms with E-state index in [0.29, 0.717) is 0 Å². The van der Waals surface area contributed by atoms with E-state index in [0.717, 1.165) is 44.9 Å². The van der Waals surface area contributed by atoms with Crippen LogP contribution in [0.5, 0.6) is 5.75 Å². The molecular formula is C15H22N2O. The molecule has 3 nitrogen and oxygen atoms in total. The summed E-state index contributed by atoms with van der Waals surface area (Å²) in [5.74, 6) is 1.10. The van der Waals surface area contributed by atoms with Crippen molar-refractivity contribution in [3.05, 3.63) is 29.3 Å². The first-order valence-electron chi connectivity index (χ1n) is 6.93. The van der Waals surface area contributed by atoms with Crippen LogP contribution in [0.25, 0.3) is 0 Å². The van der Waals surface area contributed by atoms with Crippen LogP contribution in [0.3, 0.4) is 0 Å². The van der Waals surface area contributed by atoms with Gasteiger partial charge in [0, 0.05) is 19.6 Å². The molecule has 0 unspecified atom stereocenters. The fraction of sp³-hybridized carbons (Fsp3) is 0.600. The van der Waals surface area contributed by atoms with Crippen LogP contribution < -0.4 is 10.1 Å². The van der Waals surface area contributed by atoms with E-state index >= 15 is 0 Å². The van der Waals surface area contributed by atoms with Crippen LogP contribution in [-0.4, -0.2) is 36.7 Å². The van der Waals surface area contributed by atoms with Gasteiger partial charge in [-0.05, 0) is 43.6 Å². The van der Waals surface area contributed by atoms with E-state index < -0.39 is 0 Å². The maximum absolute atomic E-state index is 6.30. The number of likely N-dealkylation sites (tertiary alicyclic amines) is 1. The first-order valence-corrected chi connectivity index (χ1v) is 6.93. The third kappa shape index (κ3) is 2.13. The molecular weight excluding hydrogens is 224 g/mol. The van der Waals surface area contributed by atoms with Crippen molar-refractivity contribution in [1.29, 1.82) is 0 Å². The second kappa shape index (κ2) is 4.56. The summed E-state index contributed by atoms with van der Waals surface area (Å²) in [4.78, 5) is 2.41. The minimum Gasteiger partial charge on any atom is -0.485 e. The van der Waals surface area contributed by atoms with Crippen molar-refractivity contribution in [3.8, 4) is 5.75 Å². The highest BCUT2D eigenvalue weighted by atomic mass is 16.5. The Labute approximate surface area is 109 Å². The van der Waals surface area contributed by atoms with Gasteiger partial charge in [-0.25, -0.2) is 0 Å². The minimum absolute atomic E-state index is 0.00993. The molecule has 0 atom stereocenters. The molecule has 1 aromatic rings. The molecule has 0 radical (unpaired) electrons. The fourth-order valence-electron chi connectivity index (χ4n) is 3.05. The van der Waals surface area contributed by atoms with E-state index in [4.69, 9.17) is 4.74 Å². The lowest BCUT2D eigenvalue weighted by Gasteiger charge is -2.47. The highest BCUT2D eigenvalue weighted by molar-refractivity contribution is 5.42. The van der Waals surface area contributed by atoms with Crippen LogP contribution in [0.15, 0.2) is 18.2 Å². The van der Waals surface area contributed by atoms with Crippen LogP contribution in [0.1, 0.15) is 25.0 Å². The maximum Gasteiger partial charge on any atom is 0.131 e. The average molecular weight is 246 g/mol. The van der Waals surface area contributed by atoms with Gasteiger partial charge in [0.15, 0.2) is 0 Å². The Kier molecular flexibility index (Phi) is 3.04. The van der Waals surface area contributed by atoms with Gasteiger partial charge in [0.05, 0.1) is 0 Å². The van der Waals surface area contributed by atoms with Gasteiger partial charge >= 0.3 is 0 Å². The highest BCUT2D eigenvalue weighted by Crippen LogP contribution is 2.32. The molecule has 0 aliphatic carbocycles. The summed E-state index contributed by atoms with van der Waals surface area (Å²) < 4.78 is 6.30. The third-order valence-corrected chi connectivity index (χ3v) is 4.02. The molecule has 0 aromatic heterocycles. The van der Waals surface area contributed by atoms with E-state index in [-0.39, 0.29) is 5.60 Å². The average Bonchev–Trinajstić information content (AvgIpc) is 2.36. The van der Waals surface area contributed by atoms with Crippen LogP contribution in [0.2, 0.25) is 0 Å². The van der Waals surface area contributed by atoms with Crippen LogP contribution in [-0.2, 0) is 13.0 Å². The Bertz CT molecular complexity index is 438. The molecule has 0 bridgehead atoms. The zero-order chi connectivity index (χ0) is 12.6. The molecule has 2 heterocycles. The van der Waals surface area contributed by atoms with Crippen molar-refractivity contribution in [1.82, 2.24) is 10.2 Å². The van der Waals surface area contributed by atoms with Gasteiger partial charge in [-0.1, -0.05) is 19.1 Å². The molecule has 0 amide bonds. The Hall–Kier alpha value is -1.06. The zero-order valence-electron chi connectivity index (χ0n) is 11.3. The lowest BCUT2D eigenvalue weighted by atomic mass is 9.95. The first kappa shape index (κ1) is 12.0. The monoisotopic (exact) mass is 246 g/mol. The molecule has 2 aliphatic rings. The van der Waals surface area contributed by atoms with Crippen molar-refractivity contribution in [2.45, 2.75) is 32.4 Å². The van der Waals surface area contributed by atoms with Crippen LogP contribution in [0, 0.1) is 0 Å². The maximum atomic E-state index is 6.30. The summed E-state index contributed by atoms with van der Waals surface area (Å²) in [5.41, 5.74) is 2.82. The van der Waals surface area contributed by atoms with Crippen LogP contribution >= 0.6 is 0 Å². The lowest BCUT2D eigenvalue weighted by molar-refractivity contribution is -0.0611. The van der Waals surface area contributed by atoms with Crippen LogP contribution in [0.4, 0.5) is 0 Å². The number of hydrogen-bond acceptors (Lipinski definition) is 3. The predicted octanol–water partition coefficient (Wildman–Crippen LogP) is 1.81. The Balaban J connectivity index is 1.77. The molecule has 3 rings (SSSR count). The van der Waals surface area contributed by atoms with E-state index in [1.54, 1.807) is 0 Å². The molecule has 0 spiro atoms. The predicted molar refractivity (Wildman–Crippen MR) is 73.0 cm³/mol. The number of fused-ring (bicyclic) bond motifs is 1. The molecule has 3 heteroatoms. The number of nitrogens with one attached hydrogen (secondary N) is 1. The van der Waals surface area contributed by atoms with Gasteiger partial charge in [0.25, 0.3) is 0 Å². The van der Waals surface area contributed by atoms with Crippen molar-refractivity contribution < 1.29 is 4.74 Å². The van der Waals surface area contributed by atoms with Gasteiger partial charge in [-0.2, -0.15) is 0 Å². The number of nitrogens with zero attached hydrogens (tertiary/aromatic N) is 1. The molecule has 18 heavy (non-hydrogen) atoms. The molecule has 98 valence electrons. The van der Waals surface area contributed by atoms with E-state index in [2.05, 4.69) is 42.3 Å². The van der Waals surface area contributed by atoms with E-state index in [1.807, 2.05) is 0 Å².